The van der Waals surface area contributed by atoms with Crippen LogP contribution in [0.4, 0.5) is 0 Å². The first-order valence-corrected chi connectivity index (χ1v) is 14.3. The summed E-state index contributed by atoms with van der Waals surface area (Å²) in [7, 11) is 0. The Morgan fingerprint density at radius 3 is 2.73 bits per heavy atom. The Hall–Kier alpha value is -2.73. The molecule has 0 radical (unpaired) electrons. The molecule has 2 saturated heterocycles. The molecule has 2 atom stereocenters. The first-order chi connectivity index (χ1) is 18.3. The number of likely N-dealkylation sites (tertiary alicyclic amines) is 1. The smallest absolute Gasteiger partial charge is 0.157 e. The standard InChI is InChI=1S/C32H37N3O2/c1-2-12-30(36-19-3-1)37-20-18-35-22-28(26-11-6-15-33-32(26)35)23-13-16-34(17-14-23)29-21-25-9-4-7-24-8-5-10-27(29)31(24)25/h4-11,15,22-23,29-30H,1-3,12-14,16-21H2. The number of benzene rings is 2. The molecule has 192 valence electrons. The van der Waals surface area contributed by atoms with E-state index in [1.54, 1.807) is 0 Å². The molecule has 7 rings (SSSR count). The van der Waals surface area contributed by atoms with Crippen molar-refractivity contribution < 1.29 is 9.47 Å². The number of fused-ring (bicyclic) bond motifs is 1. The van der Waals surface area contributed by atoms with Gasteiger partial charge in [-0.3, -0.25) is 4.90 Å². The van der Waals surface area contributed by atoms with E-state index in [1.165, 1.54) is 58.5 Å². The molecule has 0 bridgehead atoms. The van der Waals surface area contributed by atoms with Gasteiger partial charge in [0, 0.05) is 37.0 Å². The molecular weight excluding hydrogens is 458 g/mol. The lowest BCUT2D eigenvalue weighted by Gasteiger charge is -2.36. The molecule has 0 amide bonds. The molecule has 2 aliphatic heterocycles. The zero-order valence-electron chi connectivity index (χ0n) is 21.6. The summed E-state index contributed by atoms with van der Waals surface area (Å²) in [5, 5.41) is 4.20. The van der Waals surface area contributed by atoms with Crippen LogP contribution in [0, 0.1) is 0 Å². The predicted molar refractivity (Wildman–Crippen MR) is 148 cm³/mol. The highest BCUT2D eigenvalue weighted by molar-refractivity contribution is 5.91. The van der Waals surface area contributed by atoms with Gasteiger partial charge in [0.2, 0.25) is 0 Å². The first kappa shape index (κ1) is 23.4. The summed E-state index contributed by atoms with van der Waals surface area (Å²) in [4.78, 5) is 7.50. The molecule has 37 heavy (non-hydrogen) atoms. The van der Waals surface area contributed by atoms with E-state index in [4.69, 9.17) is 14.5 Å². The minimum atomic E-state index is -0.0475. The zero-order chi connectivity index (χ0) is 24.6. The molecule has 2 fully saturated rings. The first-order valence-electron chi connectivity index (χ1n) is 14.3. The van der Waals surface area contributed by atoms with E-state index in [0.717, 1.165) is 51.2 Å². The Morgan fingerprint density at radius 2 is 1.81 bits per heavy atom. The number of hydrogen-bond donors (Lipinski definition) is 0. The van der Waals surface area contributed by atoms with E-state index >= 15 is 0 Å². The second kappa shape index (κ2) is 10.2. The van der Waals surface area contributed by atoms with Crippen LogP contribution >= 0.6 is 0 Å². The lowest BCUT2D eigenvalue weighted by molar-refractivity contribution is -0.141. The fraction of sp³-hybridized carbons (Fsp3) is 0.469. The predicted octanol–water partition coefficient (Wildman–Crippen LogP) is 6.60. The van der Waals surface area contributed by atoms with Crippen LogP contribution in [0.1, 0.15) is 67.2 Å². The molecular formula is C32H37N3O2. The Kier molecular flexibility index (Phi) is 6.45. The average Bonchev–Trinajstić information content (AvgIpc) is 3.39. The molecule has 2 unspecified atom stereocenters. The molecule has 5 heteroatoms. The Bertz CT molecular complexity index is 1370. The van der Waals surface area contributed by atoms with Gasteiger partial charge < -0.3 is 14.0 Å². The summed E-state index contributed by atoms with van der Waals surface area (Å²) in [6.45, 7) is 4.60. The van der Waals surface area contributed by atoms with Crippen LogP contribution in [0.25, 0.3) is 21.8 Å². The van der Waals surface area contributed by atoms with Crippen LogP contribution in [-0.4, -0.2) is 47.0 Å². The minimum absolute atomic E-state index is 0.0475. The van der Waals surface area contributed by atoms with Crippen LogP contribution in [0.15, 0.2) is 60.9 Å². The van der Waals surface area contributed by atoms with Crippen molar-refractivity contribution in [2.45, 2.75) is 69.7 Å². The molecule has 4 aromatic rings. The van der Waals surface area contributed by atoms with Crippen molar-refractivity contribution >= 4 is 21.8 Å². The molecule has 0 spiro atoms. The topological polar surface area (TPSA) is 39.5 Å². The molecule has 2 aromatic heterocycles. The van der Waals surface area contributed by atoms with Gasteiger partial charge in [0.25, 0.3) is 0 Å². The Labute approximate surface area is 219 Å². The van der Waals surface area contributed by atoms with E-state index in [2.05, 4.69) is 64.2 Å². The lowest BCUT2D eigenvalue weighted by Crippen LogP contribution is -2.36. The summed E-state index contributed by atoms with van der Waals surface area (Å²) in [5.41, 5.74) is 5.60. The van der Waals surface area contributed by atoms with Crippen LogP contribution in [-0.2, 0) is 22.4 Å². The summed E-state index contributed by atoms with van der Waals surface area (Å²) in [6, 6.07) is 18.5. The molecule has 4 heterocycles. The fourth-order valence-corrected chi connectivity index (χ4v) is 7.01. The van der Waals surface area contributed by atoms with Gasteiger partial charge in [-0.2, -0.15) is 0 Å². The second-order valence-electron chi connectivity index (χ2n) is 11.1. The monoisotopic (exact) mass is 495 g/mol. The third kappa shape index (κ3) is 4.47. The maximum absolute atomic E-state index is 6.11. The third-order valence-corrected chi connectivity index (χ3v) is 8.89. The number of aromatic nitrogens is 2. The van der Waals surface area contributed by atoms with Crippen LogP contribution in [0.3, 0.4) is 0 Å². The van der Waals surface area contributed by atoms with Crippen molar-refractivity contribution in [2.75, 3.05) is 26.3 Å². The van der Waals surface area contributed by atoms with Crippen LogP contribution < -0.4 is 0 Å². The van der Waals surface area contributed by atoms with Crippen LogP contribution in [0.5, 0.6) is 0 Å². The number of hydrogen-bond acceptors (Lipinski definition) is 4. The van der Waals surface area contributed by atoms with Gasteiger partial charge in [0.1, 0.15) is 5.65 Å². The molecule has 3 aliphatic rings. The van der Waals surface area contributed by atoms with Crippen molar-refractivity contribution in [1.82, 2.24) is 14.5 Å². The van der Waals surface area contributed by atoms with Gasteiger partial charge >= 0.3 is 0 Å². The SMILES string of the molecule is c1cc2c3c(cccc3c1)C(N1CCC(c3cn(CCOC4CCCCCO4)c4ncccc34)CC1)C2. The second-order valence-corrected chi connectivity index (χ2v) is 11.1. The quantitative estimate of drug-likeness (QED) is 0.302. The molecule has 0 N–H and O–H groups in total. The highest BCUT2D eigenvalue weighted by Crippen LogP contribution is 2.43. The number of ether oxygens (including phenoxy) is 2. The molecule has 5 nitrogen and oxygen atoms in total. The van der Waals surface area contributed by atoms with Gasteiger partial charge in [-0.05, 0) is 97.1 Å². The minimum Gasteiger partial charge on any atom is -0.353 e. The summed E-state index contributed by atoms with van der Waals surface area (Å²) in [6.07, 6.45) is 12.4. The average molecular weight is 496 g/mol. The molecule has 1 aliphatic carbocycles. The van der Waals surface area contributed by atoms with Gasteiger partial charge in [-0.25, -0.2) is 4.98 Å². The Balaban J connectivity index is 1.04. The molecule has 0 saturated carbocycles. The van der Waals surface area contributed by atoms with Crippen molar-refractivity contribution in [2.24, 2.45) is 0 Å². The maximum atomic E-state index is 6.11. The van der Waals surface area contributed by atoms with Crippen molar-refractivity contribution in [3.05, 3.63) is 77.6 Å². The van der Waals surface area contributed by atoms with E-state index < -0.39 is 0 Å². The van der Waals surface area contributed by atoms with Crippen molar-refractivity contribution in [1.29, 1.82) is 0 Å². The highest BCUT2D eigenvalue weighted by atomic mass is 16.7. The number of rotatable bonds is 6. The van der Waals surface area contributed by atoms with Crippen molar-refractivity contribution in [3.63, 3.8) is 0 Å². The van der Waals surface area contributed by atoms with E-state index in [9.17, 15) is 0 Å². The van der Waals surface area contributed by atoms with Gasteiger partial charge in [0.05, 0.1) is 6.61 Å². The summed E-state index contributed by atoms with van der Waals surface area (Å²) < 4.78 is 14.3. The summed E-state index contributed by atoms with van der Waals surface area (Å²) >= 11 is 0. The largest absolute Gasteiger partial charge is 0.353 e. The Morgan fingerprint density at radius 1 is 0.919 bits per heavy atom. The van der Waals surface area contributed by atoms with Gasteiger partial charge in [-0.15, -0.1) is 0 Å². The maximum Gasteiger partial charge on any atom is 0.157 e. The lowest BCUT2D eigenvalue weighted by atomic mass is 9.88. The van der Waals surface area contributed by atoms with E-state index in [1.807, 2.05) is 6.20 Å². The van der Waals surface area contributed by atoms with E-state index in [0.29, 0.717) is 18.6 Å². The highest BCUT2D eigenvalue weighted by Gasteiger charge is 2.32. The number of nitrogens with zero attached hydrogens (tertiary/aromatic N) is 3. The normalized spacial score (nSPS) is 23.1. The van der Waals surface area contributed by atoms with Crippen molar-refractivity contribution in [3.8, 4) is 0 Å². The number of pyridine rings is 1. The molecule has 2 aromatic carbocycles. The van der Waals surface area contributed by atoms with Gasteiger partial charge in [0.15, 0.2) is 6.29 Å². The van der Waals surface area contributed by atoms with Gasteiger partial charge in [-0.1, -0.05) is 42.8 Å². The fourth-order valence-electron chi connectivity index (χ4n) is 7.01. The van der Waals surface area contributed by atoms with Crippen LogP contribution in [0.2, 0.25) is 0 Å². The number of piperidine rings is 1. The van der Waals surface area contributed by atoms with E-state index in [-0.39, 0.29) is 6.29 Å². The third-order valence-electron chi connectivity index (χ3n) is 8.89. The summed E-state index contributed by atoms with van der Waals surface area (Å²) in [5.74, 6) is 0.579. The zero-order valence-corrected chi connectivity index (χ0v) is 21.6.